The lowest BCUT2D eigenvalue weighted by Crippen LogP contribution is -2.35. The molecule has 0 saturated heterocycles. The average Bonchev–Trinajstić information content (AvgIpc) is 1.68. The molecule has 8 aromatic carbocycles. The molecule has 8 aromatic rings. The number of nitrogens with zero attached hydrogens (tertiary/aromatic N) is 2. The van der Waals surface area contributed by atoms with Crippen molar-refractivity contribution >= 4 is 46.1 Å². The number of aryl methyl sites for hydroxylation is 2. The Kier molecular flexibility index (Phi) is 12.5. The lowest BCUT2D eigenvalue weighted by Gasteiger charge is -2.38. The molecule has 0 radical (unpaired) electrons. The summed E-state index contributed by atoms with van der Waals surface area (Å²) in [5.41, 5.74) is 13.6. The molecule has 2 saturated carbocycles. The molecule has 0 aromatic heterocycles. The summed E-state index contributed by atoms with van der Waals surface area (Å²) in [5, 5.41) is 7.48. The number of hydrogen-bond donors (Lipinski definition) is 2. The smallest absolute Gasteiger partial charge is 0.340 e. The zero-order chi connectivity index (χ0) is 56.1. The first-order valence-electron chi connectivity index (χ1n) is 29.7. The van der Waals surface area contributed by atoms with Gasteiger partial charge in [-0.05, 0) is 153 Å². The van der Waals surface area contributed by atoms with Gasteiger partial charge in [-0.3, -0.25) is 0 Å². The van der Waals surface area contributed by atoms with Crippen molar-refractivity contribution in [1.82, 2.24) is 0 Å². The van der Waals surface area contributed by atoms with Crippen LogP contribution in [0.5, 0.6) is 23.0 Å². The van der Waals surface area contributed by atoms with Gasteiger partial charge in [0.25, 0.3) is 0 Å². The average molecular weight is 1090 g/mol. The number of benzene rings is 8. The Labute approximate surface area is 481 Å². The standard InChI is InChI=1S/C72H70N4O6/c1-7-70(4,46-26-30-48(31-27-46)73-62-42-60-64(38-44(62)2)79-66-40-52(75(5)50-18-10-8-11-19-50)34-36-58(66)71(60)56-24-16-14-22-54(56)68(77)81-71)47-28-32-49(33-29-47)74-63-43-61-65(39-45(63)3)80-67-41-53(76(6)51-20-12-9-13-21-51)35-37-59(67)72(61)57-25-17-15-23-55(57)69(78)82-72/h14-17,22-43,50-51,73-74H,7-13,18-21H2,1-6H3. The topological polar surface area (TPSA) is 102 Å². The minimum absolute atomic E-state index is 0.287. The Hall–Kier alpha value is -8.50. The maximum Gasteiger partial charge on any atom is 0.340 e. The Morgan fingerprint density at radius 3 is 1.27 bits per heavy atom. The molecule has 14 rings (SSSR count). The van der Waals surface area contributed by atoms with Gasteiger partial charge in [0, 0.05) is 111 Å². The van der Waals surface area contributed by atoms with Crippen LogP contribution in [-0.4, -0.2) is 38.1 Å². The van der Waals surface area contributed by atoms with E-state index in [2.05, 4.69) is 171 Å². The second-order valence-electron chi connectivity index (χ2n) is 24.0. The van der Waals surface area contributed by atoms with Gasteiger partial charge < -0.3 is 39.4 Å². The molecule has 2 spiro atoms. The van der Waals surface area contributed by atoms with Crippen LogP contribution < -0.4 is 29.9 Å². The van der Waals surface area contributed by atoms with Crippen molar-refractivity contribution in [3.05, 3.63) is 224 Å². The molecule has 4 heterocycles. The van der Waals surface area contributed by atoms with Crippen LogP contribution in [0.15, 0.2) is 158 Å². The van der Waals surface area contributed by atoms with Crippen LogP contribution in [0.2, 0.25) is 0 Å². The molecule has 82 heavy (non-hydrogen) atoms. The summed E-state index contributed by atoms with van der Waals surface area (Å²) in [6.07, 6.45) is 13.2. The molecule has 414 valence electrons. The molecule has 10 nitrogen and oxygen atoms in total. The van der Waals surface area contributed by atoms with Crippen LogP contribution in [0.1, 0.15) is 161 Å². The molecule has 2 atom stereocenters. The van der Waals surface area contributed by atoms with Crippen molar-refractivity contribution in [2.45, 2.75) is 127 Å². The Morgan fingerprint density at radius 1 is 0.476 bits per heavy atom. The molecule has 0 amide bonds. The Morgan fingerprint density at radius 2 is 0.866 bits per heavy atom. The molecule has 2 N–H and O–H groups in total. The zero-order valence-electron chi connectivity index (χ0n) is 47.8. The van der Waals surface area contributed by atoms with Crippen LogP contribution in [0.3, 0.4) is 0 Å². The first-order chi connectivity index (χ1) is 39.9. The summed E-state index contributed by atoms with van der Waals surface area (Å²) in [6, 6.07) is 55.1. The van der Waals surface area contributed by atoms with Crippen LogP contribution >= 0.6 is 0 Å². The van der Waals surface area contributed by atoms with Gasteiger partial charge >= 0.3 is 11.9 Å². The van der Waals surface area contributed by atoms with Gasteiger partial charge in [-0.1, -0.05) is 113 Å². The maximum absolute atomic E-state index is 13.8. The van der Waals surface area contributed by atoms with Crippen molar-refractivity contribution in [3.8, 4) is 23.0 Å². The van der Waals surface area contributed by atoms with Crippen molar-refractivity contribution in [1.29, 1.82) is 0 Å². The first kappa shape index (κ1) is 51.6. The Balaban J connectivity index is 0.728. The van der Waals surface area contributed by atoms with E-state index in [0.717, 1.165) is 85.1 Å². The van der Waals surface area contributed by atoms with E-state index < -0.39 is 11.2 Å². The third-order valence-corrected chi connectivity index (χ3v) is 19.5. The number of nitrogens with one attached hydrogen (secondary N) is 2. The lowest BCUT2D eigenvalue weighted by molar-refractivity contribution is 0.0214. The van der Waals surface area contributed by atoms with Crippen molar-refractivity contribution in [2.24, 2.45) is 0 Å². The fourth-order valence-corrected chi connectivity index (χ4v) is 14.4. The quantitative estimate of drug-likeness (QED) is 0.122. The van der Waals surface area contributed by atoms with E-state index in [9.17, 15) is 9.59 Å². The van der Waals surface area contributed by atoms with Gasteiger partial charge in [-0.25, -0.2) is 9.59 Å². The highest BCUT2D eigenvalue weighted by Gasteiger charge is 2.55. The highest BCUT2D eigenvalue weighted by molar-refractivity contribution is 5.98. The predicted octanol–water partition coefficient (Wildman–Crippen LogP) is 17.2. The second-order valence-corrected chi connectivity index (χ2v) is 24.0. The number of carbonyl (C=O) groups is 2. The summed E-state index contributed by atoms with van der Waals surface area (Å²) in [6.45, 7) is 8.73. The van der Waals surface area contributed by atoms with Crippen LogP contribution in [0, 0.1) is 13.8 Å². The summed E-state index contributed by atoms with van der Waals surface area (Å²) >= 11 is 0. The molecular formula is C72H70N4O6. The maximum atomic E-state index is 13.8. The monoisotopic (exact) mass is 1090 g/mol. The molecule has 2 unspecified atom stereocenters. The summed E-state index contributed by atoms with van der Waals surface area (Å²) in [5.74, 6) is 2.07. The summed E-state index contributed by atoms with van der Waals surface area (Å²) in [4.78, 5) is 32.4. The largest absolute Gasteiger partial charge is 0.456 e. The van der Waals surface area contributed by atoms with Gasteiger partial charge in [0.15, 0.2) is 11.2 Å². The lowest BCUT2D eigenvalue weighted by atomic mass is 9.74. The van der Waals surface area contributed by atoms with Crippen LogP contribution in [0.25, 0.3) is 0 Å². The van der Waals surface area contributed by atoms with E-state index in [1.807, 2.05) is 48.5 Å². The van der Waals surface area contributed by atoms with Crippen LogP contribution in [-0.2, 0) is 26.1 Å². The van der Waals surface area contributed by atoms with E-state index in [1.165, 1.54) is 75.3 Å². The number of carbonyl (C=O) groups excluding carboxylic acids is 2. The molecule has 4 aliphatic heterocycles. The zero-order valence-corrected chi connectivity index (χ0v) is 47.8. The minimum atomic E-state index is -1.18. The predicted molar refractivity (Wildman–Crippen MR) is 326 cm³/mol. The van der Waals surface area contributed by atoms with E-state index in [-0.39, 0.29) is 17.4 Å². The fourth-order valence-electron chi connectivity index (χ4n) is 14.4. The highest BCUT2D eigenvalue weighted by Crippen LogP contribution is 2.60. The third-order valence-electron chi connectivity index (χ3n) is 19.5. The van der Waals surface area contributed by atoms with E-state index in [4.69, 9.17) is 18.9 Å². The van der Waals surface area contributed by atoms with Crippen molar-refractivity contribution in [3.63, 3.8) is 0 Å². The van der Waals surface area contributed by atoms with Gasteiger partial charge in [0.1, 0.15) is 23.0 Å². The van der Waals surface area contributed by atoms with Gasteiger partial charge in [0.2, 0.25) is 0 Å². The normalized spacial score (nSPS) is 20.2. The summed E-state index contributed by atoms with van der Waals surface area (Å²) < 4.78 is 26.9. The minimum Gasteiger partial charge on any atom is -0.456 e. The number of fused-ring (bicyclic) bond motifs is 12. The number of esters is 2. The van der Waals surface area contributed by atoms with Crippen LogP contribution in [0.4, 0.5) is 34.1 Å². The fraction of sp³-hybridized carbons (Fsp3) is 0.306. The second kappa shape index (κ2) is 19.9. The van der Waals surface area contributed by atoms with Gasteiger partial charge in [-0.2, -0.15) is 0 Å². The van der Waals surface area contributed by atoms with Crippen molar-refractivity contribution < 1.29 is 28.5 Å². The van der Waals surface area contributed by atoms with E-state index in [0.29, 0.717) is 46.2 Å². The SMILES string of the molecule is CCC(C)(c1ccc(Nc2cc3c(cc2C)Oc2cc(N(C)C4CCCCC4)ccc2C32OC(=O)c3ccccc32)cc1)c1ccc(Nc2cc3c(cc2C)Oc2cc(N(C)C4CCCCC4)ccc2C32OC(=O)c3ccccc32)cc1. The number of ether oxygens (including phenoxy) is 4. The highest BCUT2D eigenvalue weighted by atomic mass is 16.6. The van der Waals surface area contributed by atoms with Gasteiger partial charge in [-0.15, -0.1) is 0 Å². The van der Waals surface area contributed by atoms with E-state index >= 15 is 0 Å². The van der Waals surface area contributed by atoms with E-state index in [1.54, 1.807) is 0 Å². The molecule has 10 heteroatoms. The third kappa shape index (κ3) is 8.17. The molecule has 2 aliphatic carbocycles. The Bertz CT molecular complexity index is 3610. The van der Waals surface area contributed by atoms with Gasteiger partial charge in [0.05, 0.1) is 11.1 Å². The number of anilines is 6. The number of rotatable bonds is 11. The number of hydrogen-bond acceptors (Lipinski definition) is 10. The summed E-state index contributed by atoms with van der Waals surface area (Å²) in [7, 11) is 4.37. The molecule has 6 aliphatic rings. The first-order valence-corrected chi connectivity index (χ1v) is 29.7. The van der Waals surface area contributed by atoms with Crippen molar-refractivity contribution in [2.75, 3.05) is 34.5 Å². The molecular weight excluding hydrogens is 1020 g/mol. The molecule has 0 bridgehead atoms. The molecule has 2 fully saturated rings.